The standard InChI is InChI=1S/C12H21NO5/c1-12(2,3)18-11(16)13-5-8(6-13)9(7-14)10(15)17-4/h8-9,14H,5-7H2,1-4H3. The van der Waals surface area contributed by atoms with E-state index in [4.69, 9.17) is 9.84 Å². The first-order chi connectivity index (χ1) is 8.28. The van der Waals surface area contributed by atoms with Crippen molar-refractivity contribution in [2.45, 2.75) is 26.4 Å². The fourth-order valence-electron chi connectivity index (χ4n) is 1.81. The van der Waals surface area contributed by atoms with E-state index in [1.54, 1.807) is 20.8 Å². The molecule has 0 aliphatic carbocycles. The van der Waals surface area contributed by atoms with Crippen molar-refractivity contribution in [1.82, 2.24) is 4.90 Å². The Morgan fingerprint density at radius 3 is 2.33 bits per heavy atom. The fraction of sp³-hybridized carbons (Fsp3) is 0.833. The van der Waals surface area contributed by atoms with Gasteiger partial charge in [-0.2, -0.15) is 0 Å². The van der Waals surface area contributed by atoms with E-state index in [0.29, 0.717) is 13.1 Å². The van der Waals surface area contributed by atoms with Crippen molar-refractivity contribution in [1.29, 1.82) is 0 Å². The van der Waals surface area contributed by atoms with Gasteiger partial charge in [0.1, 0.15) is 5.60 Å². The first-order valence-corrected chi connectivity index (χ1v) is 5.95. The number of methoxy groups -OCH3 is 1. The topological polar surface area (TPSA) is 76.1 Å². The summed E-state index contributed by atoms with van der Waals surface area (Å²) in [7, 11) is 1.29. The second-order valence-corrected chi connectivity index (χ2v) is 5.46. The summed E-state index contributed by atoms with van der Waals surface area (Å²) >= 11 is 0. The number of carbonyl (C=O) groups excluding carboxylic acids is 2. The molecule has 1 rings (SSSR count). The Balaban J connectivity index is 2.43. The van der Waals surface area contributed by atoms with E-state index in [0.717, 1.165) is 0 Å². The SMILES string of the molecule is COC(=O)C(CO)C1CN(C(=O)OC(C)(C)C)C1. The molecule has 1 amide bonds. The molecule has 6 heteroatoms. The van der Waals surface area contributed by atoms with Crippen LogP contribution in [0.15, 0.2) is 0 Å². The summed E-state index contributed by atoms with van der Waals surface area (Å²) in [6.07, 6.45) is -0.389. The summed E-state index contributed by atoms with van der Waals surface area (Å²) in [6, 6.07) is 0. The molecule has 1 N–H and O–H groups in total. The van der Waals surface area contributed by atoms with Crippen LogP contribution in [0.3, 0.4) is 0 Å². The quantitative estimate of drug-likeness (QED) is 0.752. The molecule has 0 spiro atoms. The lowest BCUT2D eigenvalue weighted by Crippen LogP contribution is -2.55. The Labute approximate surface area is 107 Å². The molecule has 1 unspecified atom stereocenters. The number of esters is 1. The summed E-state index contributed by atoms with van der Waals surface area (Å²) in [4.78, 5) is 24.5. The number of ether oxygens (including phenoxy) is 2. The van der Waals surface area contributed by atoms with Gasteiger partial charge in [0.05, 0.1) is 19.6 Å². The van der Waals surface area contributed by atoms with Gasteiger partial charge in [-0.05, 0) is 20.8 Å². The highest BCUT2D eigenvalue weighted by atomic mass is 16.6. The molecule has 0 aromatic rings. The molecule has 0 aromatic carbocycles. The highest BCUT2D eigenvalue weighted by Gasteiger charge is 2.41. The number of nitrogens with zero attached hydrogens (tertiary/aromatic N) is 1. The molecule has 1 atom stereocenters. The van der Waals surface area contributed by atoms with Gasteiger partial charge < -0.3 is 19.5 Å². The van der Waals surface area contributed by atoms with Crippen LogP contribution in [0.5, 0.6) is 0 Å². The molecule has 1 aliphatic rings. The zero-order valence-corrected chi connectivity index (χ0v) is 11.3. The number of aliphatic hydroxyl groups excluding tert-OH is 1. The van der Waals surface area contributed by atoms with Crippen molar-refractivity contribution in [3.63, 3.8) is 0 Å². The Morgan fingerprint density at radius 1 is 1.39 bits per heavy atom. The highest BCUT2D eigenvalue weighted by Crippen LogP contribution is 2.26. The third-order valence-electron chi connectivity index (χ3n) is 2.83. The average molecular weight is 259 g/mol. The predicted molar refractivity (Wildman–Crippen MR) is 63.9 cm³/mol. The van der Waals surface area contributed by atoms with Gasteiger partial charge in [0.15, 0.2) is 0 Å². The monoisotopic (exact) mass is 259 g/mol. The van der Waals surface area contributed by atoms with Crippen molar-refractivity contribution in [3.05, 3.63) is 0 Å². The van der Waals surface area contributed by atoms with E-state index >= 15 is 0 Å². The van der Waals surface area contributed by atoms with E-state index in [-0.39, 0.29) is 18.6 Å². The van der Waals surface area contributed by atoms with Gasteiger partial charge in [-0.15, -0.1) is 0 Å². The lowest BCUT2D eigenvalue weighted by molar-refractivity contribution is -0.152. The summed E-state index contributed by atoms with van der Waals surface area (Å²) in [5, 5.41) is 9.14. The Hall–Kier alpha value is -1.30. The first-order valence-electron chi connectivity index (χ1n) is 5.95. The van der Waals surface area contributed by atoms with E-state index in [9.17, 15) is 9.59 Å². The number of amides is 1. The molecule has 1 fully saturated rings. The molecule has 1 heterocycles. The molecule has 1 aliphatic heterocycles. The van der Waals surface area contributed by atoms with Gasteiger partial charge in [0, 0.05) is 19.0 Å². The maximum Gasteiger partial charge on any atom is 0.410 e. The van der Waals surface area contributed by atoms with Crippen LogP contribution in [0.4, 0.5) is 4.79 Å². The van der Waals surface area contributed by atoms with Crippen LogP contribution >= 0.6 is 0 Å². The number of aliphatic hydroxyl groups is 1. The number of hydrogen-bond acceptors (Lipinski definition) is 5. The minimum atomic E-state index is -0.561. The van der Waals surface area contributed by atoms with Crippen molar-refractivity contribution in [3.8, 4) is 0 Å². The smallest absolute Gasteiger partial charge is 0.410 e. The molecule has 1 saturated heterocycles. The van der Waals surface area contributed by atoms with Crippen LogP contribution in [-0.2, 0) is 14.3 Å². The van der Waals surface area contributed by atoms with E-state index in [1.807, 2.05) is 0 Å². The molecular formula is C12H21NO5. The molecule has 6 nitrogen and oxygen atoms in total. The highest BCUT2D eigenvalue weighted by molar-refractivity contribution is 5.74. The van der Waals surface area contributed by atoms with Gasteiger partial charge in [0.2, 0.25) is 0 Å². The molecule has 104 valence electrons. The lowest BCUT2D eigenvalue weighted by Gasteiger charge is -2.42. The van der Waals surface area contributed by atoms with Crippen molar-refractivity contribution >= 4 is 12.1 Å². The summed E-state index contributed by atoms with van der Waals surface area (Å²) in [6.45, 7) is 5.96. The van der Waals surface area contributed by atoms with Crippen molar-refractivity contribution < 1.29 is 24.2 Å². The molecule has 0 bridgehead atoms. The lowest BCUT2D eigenvalue weighted by atomic mass is 9.86. The molecular weight excluding hydrogens is 238 g/mol. The Bertz CT molecular complexity index is 317. The minimum absolute atomic E-state index is 0.0602. The average Bonchev–Trinajstić information content (AvgIpc) is 2.18. The summed E-state index contributed by atoms with van der Waals surface area (Å²) in [5.41, 5.74) is -0.527. The van der Waals surface area contributed by atoms with Crippen molar-refractivity contribution in [2.75, 3.05) is 26.8 Å². The van der Waals surface area contributed by atoms with Gasteiger partial charge in [0.25, 0.3) is 0 Å². The van der Waals surface area contributed by atoms with Crippen LogP contribution in [-0.4, -0.2) is 54.5 Å². The van der Waals surface area contributed by atoms with E-state index in [2.05, 4.69) is 4.74 Å². The molecule has 0 radical (unpaired) electrons. The van der Waals surface area contributed by atoms with E-state index < -0.39 is 17.5 Å². The van der Waals surface area contributed by atoms with Gasteiger partial charge in [-0.25, -0.2) is 4.79 Å². The van der Waals surface area contributed by atoms with Crippen LogP contribution in [0.25, 0.3) is 0 Å². The normalized spacial score (nSPS) is 17.9. The van der Waals surface area contributed by atoms with Crippen LogP contribution in [0.2, 0.25) is 0 Å². The maximum absolute atomic E-state index is 11.7. The molecule has 18 heavy (non-hydrogen) atoms. The van der Waals surface area contributed by atoms with Crippen LogP contribution < -0.4 is 0 Å². The second-order valence-electron chi connectivity index (χ2n) is 5.46. The first kappa shape index (κ1) is 14.8. The zero-order chi connectivity index (χ0) is 13.9. The number of rotatable bonds is 3. The minimum Gasteiger partial charge on any atom is -0.469 e. The predicted octanol–water partition coefficient (Wildman–Crippen LogP) is 0.635. The Morgan fingerprint density at radius 2 is 1.94 bits per heavy atom. The maximum atomic E-state index is 11.7. The number of likely N-dealkylation sites (tertiary alicyclic amines) is 1. The fourth-order valence-corrected chi connectivity index (χ4v) is 1.81. The van der Waals surface area contributed by atoms with Crippen LogP contribution in [0, 0.1) is 11.8 Å². The summed E-state index contributed by atoms with van der Waals surface area (Å²) < 4.78 is 9.80. The second kappa shape index (κ2) is 5.56. The van der Waals surface area contributed by atoms with Gasteiger partial charge >= 0.3 is 12.1 Å². The van der Waals surface area contributed by atoms with Gasteiger partial charge in [-0.3, -0.25) is 4.79 Å². The zero-order valence-electron chi connectivity index (χ0n) is 11.3. The third-order valence-corrected chi connectivity index (χ3v) is 2.83. The van der Waals surface area contributed by atoms with E-state index in [1.165, 1.54) is 12.0 Å². The number of hydrogen-bond donors (Lipinski definition) is 1. The van der Waals surface area contributed by atoms with Crippen molar-refractivity contribution in [2.24, 2.45) is 11.8 Å². The van der Waals surface area contributed by atoms with Crippen LogP contribution in [0.1, 0.15) is 20.8 Å². The third kappa shape index (κ3) is 3.60. The molecule has 0 aromatic heterocycles. The largest absolute Gasteiger partial charge is 0.469 e. The Kier molecular flexibility index (Phi) is 4.56. The summed E-state index contributed by atoms with van der Waals surface area (Å²) in [5.74, 6) is -1.06. The number of carbonyl (C=O) groups is 2. The molecule has 0 saturated carbocycles. The van der Waals surface area contributed by atoms with Gasteiger partial charge in [-0.1, -0.05) is 0 Å².